The number of thiophene rings is 1. The SMILES string of the molecule is Clc1nc(Br)cc(-c2ccsc2)n1. The molecule has 0 aromatic carbocycles. The number of nitrogens with zero attached hydrogens (tertiary/aromatic N) is 2. The first-order valence-corrected chi connectivity index (χ1v) is 5.60. The van der Waals surface area contributed by atoms with Gasteiger partial charge in [-0.2, -0.15) is 11.3 Å². The molecular weight excluding hydrogens is 272 g/mol. The van der Waals surface area contributed by atoms with E-state index in [4.69, 9.17) is 11.6 Å². The second kappa shape index (κ2) is 3.74. The molecule has 0 atom stereocenters. The lowest BCUT2D eigenvalue weighted by atomic mass is 10.2. The molecule has 0 saturated carbocycles. The highest BCUT2D eigenvalue weighted by Gasteiger charge is 2.03. The Hall–Kier alpha value is -0.450. The van der Waals surface area contributed by atoms with Crippen molar-refractivity contribution < 1.29 is 0 Å². The molecule has 0 saturated heterocycles. The van der Waals surface area contributed by atoms with Gasteiger partial charge in [0.2, 0.25) is 5.28 Å². The molecule has 0 fully saturated rings. The summed E-state index contributed by atoms with van der Waals surface area (Å²) in [6.45, 7) is 0. The minimum Gasteiger partial charge on any atom is -0.218 e. The first-order valence-electron chi connectivity index (χ1n) is 3.48. The van der Waals surface area contributed by atoms with E-state index < -0.39 is 0 Å². The van der Waals surface area contributed by atoms with E-state index in [9.17, 15) is 0 Å². The van der Waals surface area contributed by atoms with Gasteiger partial charge in [-0.05, 0) is 45.0 Å². The van der Waals surface area contributed by atoms with E-state index in [1.54, 1.807) is 11.3 Å². The summed E-state index contributed by atoms with van der Waals surface area (Å²) in [5.74, 6) is 0. The Kier molecular flexibility index (Phi) is 2.62. The van der Waals surface area contributed by atoms with Gasteiger partial charge in [-0.25, -0.2) is 9.97 Å². The Morgan fingerprint density at radius 2 is 2.23 bits per heavy atom. The molecule has 0 bridgehead atoms. The summed E-state index contributed by atoms with van der Waals surface area (Å²) < 4.78 is 0.703. The second-order valence-corrected chi connectivity index (χ2v) is 4.29. The highest BCUT2D eigenvalue weighted by Crippen LogP contribution is 2.23. The van der Waals surface area contributed by atoms with E-state index in [1.165, 1.54) is 0 Å². The maximum Gasteiger partial charge on any atom is 0.223 e. The summed E-state index contributed by atoms with van der Waals surface area (Å²) in [6.07, 6.45) is 0. The van der Waals surface area contributed by atoms with Crippen LogP contribution in [0.2, 0.25) is 5.28 Å². The Morgan fingerprint density at radius 1 is 1.38 bits per heavy atom. The Balaban J connectivity index is 2.53. The topological polar surface area (TPSA) is 25.8 Å². The largest absolute Gasteiger partial charge is 0.223 e. The predicted octanol–water partition coefficient (Wildman–Crippen LogP) is 3.62. The van der Waals surface area contributed by atoms with Gasteiger partial charge < -0.3 is 0 Å². The average molecular weight is 276 g/mol. The Morgan fingerprint density at radius 3 is 2.85 bits per heavy atom. The predicted molar refractivity (Wildman–Crippen MR) is 58.1 cm³/mol. The lowest BCUT2D eigenvalue weighted by Gasteiger charge is -1.97. The zero-order valence-electron chi connectivity index (χ0n) is 6.37. The molecule has 0 aliphatic heterocycles. The van der Waals surface area contributed by atoms with Crippen LogP contribution in [0, 0.1) is 0 Å². The summed E-state index contributed by atoms with van der Waals surface area (Å²) in [5, 5.41) is 4.28. The van der Waals surface area contributed by atoms with Gasteiger partial charge in [0.15, 0.2) is 0 Å². The molecule has 0 aliphatic carbocycles. The minimum atomic E-state index is 0.260. The summed E-state index contributed by atoms with van der Waals surface area (Å²) in [6, 6.07) is 3.84. The lowest BCUT2D eigenvalue weighted by molar-refractivity contribution is 1.14. The first kappa shape index (κ1) is 9.12. The van der Waals surface area contributed by atoms with Crippen molar-refractivity contribution in [1.82, 2.24) is 9.97 Å². The molecule has 0 amide bonds. The smallest absolute Gasteiger partial charge is 0.218 e. The number of aromatic nitrogens is 2. The fourth-order valence-electron chi connectivity index (χ4n) is 0.948. The van der Waals surface area contributed by atoms with Crippen LogP contribution in [0.15, 0.2) is 27.5 Å². The zero-order chi connectivity index (χ0) is 9.26. The van der Waals surface area contributed by atoms with Gasteiger partial charge in [0.05, 0.1) is 5.69 Å². The van der Waals surface area contributed by atoms with Gasteiger partial charge in [-0.3, -0.25) is 0 Å². The molecule has 2 aromatic rings. The summed E-state index contributed by atoms with van der Waals surface area (Å²) in [5.41, 5.74) is 1.91. The van der Waals surface area contributed by atoms with Crippen molar-refractivity contribution >= 4 is 38.9 Å². The minimum absolute atomic E-state index is 0.260. The van der Waals surface area contributed by atoms with E-state index >= 15 is 0 Å². The van der Waals surface area contributed by atoms with Gasteiger partial charge >= 0.3 is 0 Å². The van der Waals surface area contributed by atoms with Crippen molar-refractivity contribution in [2.24, 2.45) is 0 Å². The molecule has 0 radical (unpaired) electrons. The molecule has 0 N–H and O–H groups in total. The van der Waals surface area contributed by atoms with Crippen LogP contribution in [-0.2, 0) is 0 Å². The molecule has 5 heteroatoms. The third-order valence-electron chi connectivity index (χ3n) is 1.48. The van der Waals surface area contributed by atoms with Crippen molar-refractivity contribution in [1.29, 1.82) is 0 Å². The molecule has 0 aliphatic rings. The highest BCUT2D eigenvalue weighted by molar-refractivity contribution is 9.10. The first-order chi connectivity index (χ1) is 6.25. The molecule has 13 heavy (non-hydrogen) atoms. The quantitative estimate of drug-likeness (QED) is 0.587. The van der Waals surface area contributed by atoms with E-state index in [0.29, 0.717) is 4.60 Å². The van der Waals surface area contributed by atoms with Gasteiger partial charge in [0.25, 0.3) is 0 Å². The van der Waals surface area contributed by atoms with Gasteiger partial charge in [-0.15, -0.1) is 0 Å². The van der Waals surface area contributed by atoms with E-state index in [-0.39, 0.29) is 5.28 Å². The molecule has 66 valence electrons. The highest BCUT2D eigenvalue weighted by atomic mass is 79.9. The monoisotopic (exact) mass is 274 g/mol. The summed E-state index contributed by atoms with van der Waals surface area (Å²) in [7, 11) is 0. The van der Waals surface area contributed by atoms with Crippen LogP contribution in [0.5, 0.6) is 0 Å². The van der Waals surface area contributed by atoms with Crippen LogP contribution < -0.4 is 0 Å². The molecule has 2 nitrogen and oxygen atoms in total. The second-order valence-electron chi connectivity index (χ2n) is 2.36. The Bertz CT molecular complexity index is 396. The van der Waals surface area contributed by atoms with Crippen molar-refractivity contribution in [3.8, 4) is 11.3 Å². The van der Waals surface area contributed by atoms with Crippen molar-refractivity contribution in [2.75, 3.05) is 0 Å². The van der Waals surface area contributed by atoms with Crippen LogP contribution in [0.1, 0.15) is 0 Å². The molecule has 0 spiro atoms. The van der Waals surface area contributed by atoms with E-state index in [0.717, 1.165) is 11.3 Å². The molecule has 2 aromatic heterocycles. The number of hydrogen-bond donors (Lipinski definition) is 0. The standard InChI is InChI=1S/C8H4BrClN2S/c9-7-3-6(11-8(10)12-7)5-1-2-13-4-5/h1-4H. The van der Waals surface area contributed by atoms with E-state index in [1.807, 2.05) is 22.9 Å². The fraction of sp³-hybridized carbons (Fsp3) is 0. The number of halogens is 2. The summed E-state index contributed by atoms with van der Waals surface area (Å²) >= 11 is 10.6. The maximum atomic E-state index is 5.72. The average Bonchev–Trinajstić information content (AvgIpc) is 2.53. The lowest BCUT2D eigenvalue weighted by Crippen LogP contribution is -1.86. The van der Waals surface area contributed by atoms with Crippen LogP contribution >= 0.6 is 38.9 Å². The van der Waals surface area contributed by atoms with Crippen molar-refractivity contribution in [3.63, 3.8) is 0 Å². The van der Waals surface area contributed by atoms with Crippen LogP contribution in [0.3, 0.4) is 0 Å². The third-order valence-corrected chi connectivity index (χ3v) is 2.74. The van der Waals surface area contributed by atoms with Crippen molar-refractivity contribution in [3.05, 3.63) is 32.8 Å². The summed E-state index contributed by atoms with van der Waals surface area (Å²) in [4.78, 5) is 8.03. The van der Waals surface area contributed by atoms with Gasteiger partial charge in [-0.1, -0.05) is 0 Å². The normalized spacial score (nSPS) is 10.3. The number of rotatable bonds is 1. The van der Waals surface area contributed by atoms with Crippen molar-refractivity contribution in [2.45, 2.75) is 0 Å². The molecular formula is C8H4BrClN2S. The third kappa shape index (κ3) is 2.07. The van der Waals surface area contributed by atoms with Crippen LogP contribution in [-0.4, -0.2) is 9.97 Å². The molecule has 0 unspecified atom stereocenters. The Labute approximate surface area is 92.7 Å². The fourth-order valence-corrected chi connectivity index (χ4v) is 2.27. The number of hydrogen-bond acceptors (Lipinski definition) is 3. The van der Waals surface area contributed by atoms with E-state index in [2.05, 4.69) is 25.9 Å². The maximum absolute atomic E-state index is 5.72. The van der Waals surface area contributed by atoms with Gasteiger partial charge in [0.1, 0.15) is 4.60 Å². The van der Waals surface area contributed by atoms with Crippen LogP contribution in [0.4, 0.5) is 0 Å². The van der Waals surface area contributed by atoms with Crippen LogP contribution in [0.25, 0.3) is 11.3 Å². The van der Waals surface area contributed by atoms with Gasteiger partial charge in [0, 0.05) is 10.9 Å². The molecule has 2 rings (SSSR count). The zero-order valence-corrected chi connectivity index (χ0v) is 9.53. The molecule has 2 heterocycles.